The van der Waals surface area contributed by atoms with Gasteiger partial charge in [0.2, 0.25) is 11.8 Å². The van der Waals surface area contributed by atoms with Crippen LogP contribution in [0.25, 0.3) is 11.1 Å². The highest BCUT2D eigenvalue weighted by Crippen LogP contribution is 2.20. The van der Waals surface area contributed by atoms with Crippen LogP contribution in [0, 0.1) is 5.92 Å². The first-order valence-corrected chi connectivity index (χ1v) is 9.41. The molecule has 0 bridgehead atoms. The van der Waals surface area contributed by atoms with Gasteiger partial charge in [-0.25, -0.2) is 0 Å². The molecule has 2 aromatic carbocycles. The highest BCUT2D eigenvalue weighted by molar-refractivity contribution is 6.19. The van der Waals surface area contributed by atoms with E-state index in [1.807, 2.05) is 54.6 Å². The standard InChI is InChI=1S/C22H22N2O5/c25-18-11-13-24(22(29)20(18)21(28)23-14-19(26)27)12-10-15-6-8-17(9-7-15)16-4-2-1-3-5-16/h1-9,20H,10-14H2,(H,23,28)(H,26,27). The minimum atomic E-state index is -1.46. The molecule has 0 spiro atoms. The first-order valence-electron chi connectivity index (χ1n) is 9.41. The van der Waals surface area contributed by atoms with Gasteiger partial charge < -0.3 is 15.3 Å². The van der Waals surface area contributed by atoms with Crippen LogP contribution in [0.3, 0.4) is 0 Å². The second kappa shape index (κ2) is 9.14. The molecule has 7 nitrogen and oxygen atoms in total. The van der Waals surface area contributed by atoms with E-state index in [4.69, 9.17) is 5.11 Å². The molecule has 1 heterocycles. The van der Waals surface area contributed by atoms with Gasteiger partial charge >= 0.3 is 5.97 Å². The quantitative estimate of drug-likeness (QED) is 0.693. The van der Waals surface area contributed by atoms with E-state index in [0.29, 0.717) is 13.0 Å². The van der Waals surface area contributed by atoms with Gasteiger partial charge in [-0.2, -0.15) is 0 Å². The molecule has 1 atom stereocenters. The van der Waals surface area contributed by atoms with Crippen LogP contribution in [0.15, 0.2) is 54.6 Å². The van der Waals surface area contributed by atoms with Crippen molar-refractivity contribution in [3.8, 4) is 11.1 Å². The van der Waals surface area contributed by atoms with Gasteiger partial charge in [0.15, 0.2) is 11.7 Å². The summed E-state index contributed by atoms with van der Waals surface area (Å²) in [6.07, 6.45) is 0.683. The first-order chi connectivity index (χ1) is 14.0. The fraction of sp³-hybridized carbons (Fsp3) is 0.273. The average Bonchev–Trinajstić information content (AvgIpc) is 2.73. The molecule has 1 aliphatic heterocycles. The van der Waals surface area contributed by atoms with Crippen LogP contribution in [0.1, 0.15) is 12.0 Å². The Labute approximate surface area is 168 Å². The lowest BCUT2D eigenvalue weighted by Crippen LogP contribution is -2.53. The van der Waals surface area contributed by atoms with Gasteiger partial charge in [0, 0.05) is 19.5 Å². The van der Waals surface area contributed by atoms with E-state index >= 15 is 0 Å². The van der Waals surface area contributed by atoms with Crippen molar-refractivity contribution in [3.63, 3.8) is 0 Å². The fourth-order valence-corrected chi connectivity index (χ4v) is 3.32. The molecule has 2 amide bonds. The summed E-state index contributed by atoms with van der Waals surface area (Å²) in [4.78, 5) is 48.8. The number of carbonyl (C=O) groups excluding carboxylic acids is 3. The maximum atomic E-state index is 12.6. The summed E-state index contributed by atoms with van der Waals surface area (Å²) in [6.45, 7) is 0.0334. The van der Waals surface area contributed by atoms with Crippen molar-refractivity contribution in [2.75, 3.05) is 19.6 Å². The minimum absolute atomic E-state index is 0.0871. The second-order valence-corrected chi connectivity index (χ2v) is 6.90. The third-order valence-electron chi connectivity index (χ3n) is 4.92. The average molecular weight is 394 g/mol. The van der Waals surface area contributed by atoms with Crippen molar-refractivity contribution in [1.82, 2.24) is 10.2 Å². The number of rotatable bonds is 7. The maximum Gasteiger partial charge on any atom is 0.322 e. The van der Waals surface area contributed by atoms with E-state index in [2.05, 4.69) is 5.32 Å². The van der Waals surface area contributed by atoms with Gasteiger partial charge in [0.1, 0.15) is 6.54 Å². The Balaban J connectivity index is 1.60. The SMILES string of the molecule is O=C(O)CNC(=O)C1C(=O)CCN(CCc2ccc(-c3ccccc3)cc2)C1=O. The van der Waals surface area contributed by atoms with Gasteiger partial charge in [0.05, 0.1) is 0 Å². The molecule has 150 valence electrons. The molecule has 1 saturated heterocycles. The summed E-state index contributed by atoms with van der Waals surface area (Å²) in [5.74, 6) is -4.57. The van der Waals surface area contributed by atoms with E-state index in [0.717, 1.165) is 16.7 Å². The number of hydrogen-bond acceptors (Lipinski definition) is 4. The lowest BCUT2D eigenvalue weighted by atomic mass is 9.94. The van der Waals surface area contributed by atoms with E-state index in [-0.39, 0.29) is 13.0 Å². The summed E-state index contributed by atoms with van der Waals surface area (Å²) in [5, 5.41) is 10.8. The predicted octanol–water partition coefficient (Wildman–Crippen LogP) is 1.51. The molecule has 0 aliphatic carbocycles. The van der Waals surface area contributed by atoms with E-state index in [9.17, 15) is 19.2 Å². The van der Waals surface area contributed by atoms with E-state index in [1.54, 1.807) is 0 Å². The Morgan fingerprint density at radius 3 is 2.31 bits per heavy atom. The number of carbonyl (C=O) groups is 4. The Morgan fingerprint density at radius 1 is 1.00 bits per heavy atom. The fourth-order valence-electron chi connectivity index (χ4n) is 3.32. The van der Waals surface area contributed by atoms with Crippen molar-refractivity contribution in [3.05, 3.63) is 60.2 Å². The molecule has 2 N–H and O–H groups in total. The smallest absolute Gasteiger partial charge is 0.322 e. The number of piperidine rings is 1. The van der Waals surface area contributed by atoms with Crippen molar-refractivity contribution in [2.45, 2.75) is 12.8 Å². The number of ketones is 1. The Kier molecular flexibility index (Phi) is 6.39. The number of aliphatic carboxylic acids is 1. The van der Waals surface area contributed by atoms with Crippen LogP contribution in [-0.4, -0.2) is 53.2 Å². The Morgan fingerprint density at radius 2 is 1.66 bits per heavy atom. The van der Waals surface area contributed by atoms with Crippen molar-refractivity contribution < 1.29 is 24.3 Å². The molecule has 0 aromatic heterocycles. The Bertz CT molecular complexity index is 909. The van der Waals surface area contributed by atoms with Crippen LogP contribution in [0.4, 0.5) is 0 Å². The summed E-state index contributed by atoms with van der Waals surface area (Å²) in [6, 6.07) is 18.0. The molecular weight excluding hydrogens is 372 g/mol. The highest BCUT2D eigenvalue weighted by Gasteiger charge is 2.40. The number of benzene rings is 2. The monoisotopic (exact) mass is 394 g/mol. The number of carboxylic acid groups (broad SMARTS) is 1. The number of nitrogens with zero attached hydrogens (tertiary/aromatic N) is 1. The topological polar surface area (TPSA) is 104 Å². The zero-order valence-electron chi connectivity index (χ0n) is 15.8. The van der Waals surface area contributed by atoms with Crippen molar-refractivity contribution in [1.29, 1.82) is 0 Å². The summed E-state index contributed by atoms with van der Waals surface area (Å²) < 4.78 is 0. The van der Waals surface area contributed by atoms with Gasteiger partial charge in [-0.15, -0.1) is 0 Å². The lowest BCUT2D eigenvalue weighted by molar-refractivity contribution is -0.152. The largest absolute Gasteiger partial charge is 0.480 e. The van der Waals surface area contributed by atoms with Crippen LogP contribution >= 0.6 is 0 Å². The van der Waals surface area contributed by atoms with Crippen LogP contribution in [0.5, 0.6) is 0 Å². The zero-order valence-corrected chi connectivity index (χ0v) is 15.8. The third kappa shape index (κ3) is 5.07. The third-order valence-corrected chi connectivity index (χ3v) is 4.92. The lowest BCUT2D eigenvalue weighted by Gasteiger charge is -2.30. The molecule has 0 saturated carbocycles. The first kappa shape index (κ1) is 20.3. The predicted molar refractivity (Wildman–Crippen MR) is 106 cm³/mol. The molecular formula is C22H22N2O5. The van der Waals surface area contributed by atoms with Gasteiger partial charge in [0.25, 0.3) is 0 Å². The minimum Gasteiger partial charge on any atom is -0.480 e. The molecule has 2 aromatic rings. The summed E-state index contributed by atoms with van der Waals surface area (Å²) in [5.41, 5.74) is 3.27. The number of nitrogens with one attached hydrogen (secondary N) is 1. The van der Waals surface area contributed by atoms with E-state index < -0.39 is 36.0 Å². The van der Waals surface area contributed by atoms with Crippen LogP contribution in [-0.2, 0) is 25.6 Å². The van der Waals surface area contributed by atoms with E-state index in [1.165, 1.54) is 4.90 Å². The number of amides is 2. The summed E-state index contributed by atoms with van der Waals surface area (Å²) in [7, 11) is 0. The van der Waals surface area contributed by atoms with Gasteiger partial charge in [-0.1, -0.05) is 54.6 Å². The van der Waals surface area contributed by atoms with Crippen molar-refractivity contribution in [2.24, 2.45) is 5.92 Å². The van der Waals surface area contributed by atoms with Crippen LogP contribution < -0.4 is 5.32 Å². The normalized spacial score (nSPS) is 16.6. The highest BCUT2D eigenvalue weighted by atomic mass is 16.4. The maximum absolute atomic E-state index is 12.6. The molecule has 0 radical (unpaired) electrons. The number of carboxylic acids is 1. The molecule has 1 fully saturated rings. The molecule has 7 heteroatoms. The molecule has 1 unspecified atom stereocenters. The number of hydrogen-bond donors (Lipinski definition) is 2. The second-order valence-electron chi connectivity index (χ2n) is 6.90. The number of likely N-dealkylation sites (tertiary alicyclic amines) is 1. The zero-order chi connectivity index (χ0) is 20.8. The van der Waals surface area contributed by atoms with Crippen LogP contribution in [0.2, 0.25) is 0 Å². The molecule has 3 rings (SSSR count). The molecule has 29 heavy (non-hydrogen) atoms. The Hall–Kier alpha value is -3.48. The number of Topliss-reactive ketones (excluding diaryl/α,β-unsaturated/α-hetero) is 1. The molecule has 1 aliphatic rings. The van der Waals surface area contributed by atoms with Crippen molar-refractivity contribution >= 4 is 23.6 Å². The summed E-state index contributed by atoms with van der Waals surface area (Å²) >= 11 is 0. The van der Waals surface area contributed by atoms with Gasteiger partial charge in [-0.3, -0.25) is 19.2 Å². The van der Waals surface area contributed by atoms with Gasteiger partial charge in [-0.05, 0) is 23.1 Å².